The zero-order valence-corrected chi connectivity index (χ0v) is 18.8. The molecule has 1 aromatic heterocycles. The number of ether oxygens (including phenoxy) is 1. The van der Waals surface area contributed by atoms with Crippen molar-refractivity contribution in [3.63, 3.8) is 0 Å². The number of aryl methyl sites for hydroxylation is 2. The maximum absolute atomic E-state index is 12.6. The second-order valence-electron chi connectivity index (χ2n) is 7.95. The van der Waals surface area contributed by atoms with E-state index in [4.69, 9.17) is 4.74 Å². The number of para-hydroxylation sites is 1. The van der Waals surface area contributed by atoms with Crippen LogP contribution in [-0.2, 0) is 27.3 Å². The topological polar surface area (TPSA) is 68.6 Å². The average Bonchev–Trinajstić information content (AvgIpc) is 3.15. The largest absolute Gasteiger partial charge is 0.469 e. The van der Waals surface area contributed by atoms with Gasteiger partial charge in [0.25, 0.3) is 5.91 Å². The Morgan fingerprint density at radius 3 is 2.47 bits per heavy atom. The fourth-order valence-corrected chi connectivity index (χ4v) is 3.96. The van der Waals surface area contributed by atoms with E-state index in [1.54, 1.807) is 6.07 Å². The molecule has 0 aliphatic carbocycles. The summed E-state index contributed by atoms with van der Waals surface area (Å²) in [5.74, 6) is -0.483. The van der Waals surface area contributed by atoms with Gasteiger partial charge in [0.15, 0.2) is 0 Å². The van der Waals surface area contributed by atoms with Crippen LogP contribution in [0, 0.1) is 6.92 Å². The number of rotatable bonds is 11. The maximum atomic E-state index is 12.6. The molecule has 0 fully saturated rings. The Morgan fingerprint density at radius 2 is 1.72 bits per heavy atom. The third-order valence-corrected chi connectivity index (χ3v) is 5.75. The summed E-state index contributed by atoms with van der Waals surface area (Å²) in [6.07, 6.45) is 6.60. The molecule has 32 heavy (non-hydrogen) atoms. The number of imide groups is 1. The number of fused-ring (bicyclic) bond motifs is 1. The van der Waals surface area contributed by atoms with E-state index in [9.17, 15) is 14.4 Å². The van der Waals surface area contributed by atoms with Crippen molar-refractivity contribution in [1.82, 2.24) is 9.47 Å². The van der Waals surface area contributed by atoms with E-state index >= 15 is 0 Å². The first-order valence-corrected chi connectivity index (χ1v) is 11.0. The van der Waals surface area contributed by atoms with Crippen molar-refractivity contribution >= 4 is 29.2 Å². The van der Waals surface area contributed by atoms with E-state index < -0.39 is 0 Å². The van der Waals surface area contributed by atoms with Crippen molar-refractivity contribution in [1.29, 1.82) is 0 Å². The Balaban J connectivity index is 1.49. The number of hydrogen-bond acceptors (Lipinski definition) is 4. The molecule has 0 spiro atoms. The number of amides is 2. The summed E-state index contributed by atoms with van der Waals surface area (Å²) in [4.78, 5) is 37.0. The van der Waals surface area contributed by atoms with Gasteiger partial charge in [0, 0.05) is 35.8 Å². The minimum atomic E-state index is -0.243. The first-order chi connectivity index (χ1) is 15.5. The molecule has 0 bridgehead atoms. The molecule has 1 heterocycles. The highest BCUT2D eigenvalue weighted by Crippen LogP contribution is 2.23. The zero-order chi connectivity index (χ0) is 22.9. The van der Waals surface area contributed by atoms with Gasteiger partial charge in [-0.1, -0.05) is 49.2 Å². The average molecular weight is 435 g/mol. The number of carbonyl (C=O) groups excluding carboxylic acids is 3. The highest BCUT2D eigenvalue weighted by atomic mass is 16.5. The predicted molar refractivity (Wildman–Crippen MR) is 124 cm³/mol. The van der Waals surface area contributed by atoms with Crippen LogP contribution in [0.15, 0.2) is 54.7 Å². The van der Waals surface area contributed by atoms with E-state index in [1.807, 2.05) is 49.5 Å². The first kappa shape index (κ1) is 23.3. The molecule has 0 aliphatic rings. The highest BCUT2D eigenvalue weighted by Gasteiger charge is 2.16. The lowest BCUT2D eigenvalue weighted by atomic mass is 10.1. The number of hydrogen-bond donors (Lipinski definition) is 0. The lowest BCUT2D eigenvalue weighted by Gasteiger charge is -2.16. The molecule has 6 nitrogen and oxygen atoms in total. The van der Waals surface area contributed by atoms with Crippen LogP contribution in [0.1, 0.15) is 47.2 Å². The van der Waals surface area contributed by atoms with E-state index in [1.165, 1.54) is 12.0 Å². The lowest BCUT2D eigenvalue weighted by molar-refractivity contribution is -0.139. The van der Waals surface area contributed by atoms with Crippen molar-refractivity contribution in [2.24, 2.45) is 0 Å². The summed E-state index contributed by atoms with van der Waals surface area (Å²) >= 11 is 0. The van der Waals surface area contributed by atoms with Crippen LogP contribution in [0.5, 0.6) is 0 Å². The van der Waals surface area contributed by atoms with Crippen molar-refractivity contribution in [2.75, 3.05) is 13.7 Å². The van der Waals surface area contributed by atoms with E-state index in [0.717, 1.165) is 54.3 Å². The monoisotopic (exact) mass is 434 g/mol. The van der Waals surface area contributed by atoms with Gasteiger partial charge in [-0.2, -0.15) is 0 Å². The van der Waals surface area contributed by atoms with E-state index in [0.29, 0.717) is 18.5 Å². The van der Waals surface area contributed by atoms with Gasteiger partial charge in [0.2, 0.25) is 6.41 Å². The summed E-state index contributed by atoms with van der Waals surface area (Å²) in [6, 6.07) is 15.4. The van der Waals surface area contributed by atoms with Crippen LogP contribution in [0.25, 0.3) is 10.9 Å². The zero-order valence-electron chi connectivity index (χ0n) is 18.8. The fraction of sp³-hybridized carbons (Fsp3) is 0.346. The number of benzene rings is 2. The third kappa shape index (κ3) is 5.63. The molecule has 168 valence electrons. The molecular formula is C26H30N2O4. The molecule has 0 aliphatic heterocycles. The lowest BCUT2D eigenvalue weighted by Crippen LogP contribution is -2.31. The maximum Gasteiger partial charge on any atom is 0.310 e. The first-order valence-electron chi connectivity index (χ1n) is 11.0. The molecule has 3 rings (SSSR count). The van der Waals surface area contributed by atoms with Gasteiger partial charge in [-0.05, 0) is 43.0 Å². The molecule has 0 unspecified atom stereocenters. The Hall–Kier alpha value is -3.41. The molecular weight excluding hydrogens is 404 g/mol. The molecule has 6 heteroatoms. The number of esters is 1. The summed E-state index contributed by atoms with van der Waals surface area (Å²) in [5, 5.41) is 1.08. The highest BCUT2D eigenvalue weighted by molar-refractivity contribution is 6.00. The van der Waals surface area contributed by atoms with Gasteiger partial charge in [-0.25, -0.2) is 0 Å². The molecule has 3 aromatic rings. The SMILES string of the molecule is COC(=O)Cc1cn(CCCCCCN(C=O)C(=O)c2ccccc2C)c2ccccc12. The summed E-state index contributed by atoms with van der Waals surface area (Å²) in [7, 11) is 1.40. The number of methoxy groups -OCH3 is 1. The predicted octanol–water partition coefficient (Wildman–Crippen LogP) is 4.52. The summed E-state index contributed by atoms with van der Waals surface area (Å²) in [5.41, 5.74) is 3.53. The van der Waals surface area contributed by atoms with Crippen molar-refractivity contribution in [3.05, 3.63) is 71.4 Å². The van der Waals surface area contributed by atoms with Gasteiger partial charge in [0.05, 0.1) is 13.5 Å². The van der Waals surface area contributed by atoms with Gasteiger partial charge in [-0.3, -0.25) is 19.3 Å². The Labute approximate surface area is 188 Å². The minimum Gasteiger partial charge on any atom is -0.469 e. The molecule has 0 radical (unpaired) electrons. The fourth-order valence-electron chi connectivity index (χ4n) is 3.96. The standard InChI is InChI=1S/C26H30N2O4/c1-20-11-5-6-12-22(20)26(31)28(19-29)16-10-4-3-9-15-27-18-21(17-25(30)32-2)23-13-7-8-14-24(23)27/h5-8,11-14,18-19H,3-4,9-10,15-17H2,1-2H3. The summed E-state index contributed by atoms with van der Waals surface area (Å²) < 4.78 is 7.00. The second-order valence-corrected chi connectivity index (χ2v) is 7.95. The van der Waals surface area contributed by atoms with Gasteiger partial charge < -0.3 is 9.30 Å². The normalized spacial score (nSPS) is 10.8. The Kier molecular flexibility index (Phi) is 8.20. The second kappa shape index (κ2) is 11.3. The number of carbonyl (C=O) groups is 3. The Morgan fingerprint density at radius 1 is 1.00 bits per heavy atom. The third-order valence-electron chi connectivity index (χ3n) is 5.75. The van der Waals surface area contributed by atoms with Crippen molar-refractivity contribution in [3.8, 4) is 0 Å². The number of aromatic nitrogens is 1. The Bertz CT molecular complexity index is 1090. The molecule has 0 N–H and O–H groups in total. The molecule has 0 saturated heterocycles. The quantitative estimate of drug-likeness (QED) is 0.253. The van der Waals surface area contributed by atoms with E-state index in [2.05, 4.69) is 10.6 Å². The van der Waals surface area contributed by atoms with Crippen LogP contribution in [-0.4, -0.2) is 41.4 Å². The van der Waals surface area contributed by atoms with E-state index in [-0.39, 0.29) is 18.3 Å². The van der Waals surface area contributed by atoms with Crippen LogP contribution < -0.4 is 0 Å². The molecule has 0 atom stereocenters. The summed E-state index contributed by atoms with van der Waals surface area (Å²) in [6.45, 7) is 3.14. The smallest absolute Gasteiger partial charge is 0.310 e. The molecule has 0 saturated carbocycles. The van der Waals surface area contributed by atoms with Crippen LogP contribution in [0.3, 0.4) is 0 Å². The number of nitrogens with zero attached hydrogens (tertiary/aromatic N) is 2. The van der Waals surface area contributed by atoms with Crippen molar-refractivity contribution < 1.29 is 19.1 Å². The molecule has 2 aromatic carbocycles. The van der Waals surface area contributed by atoms with Crippen LogP contribution >= 0.6 is 0 Å². The van der Waals surface area contributed by atoms with Gasteiger partial charge in [0.1, 0.15) is 0 Å². The number of unbranched alkanes of at least 4 members (excludes halogenated alkanes) is 3. The van der Waals surface area contributed by atoms with Crippen LogP contribution in [0.2, 0.25) is 0 Å². The van der Waals surface area contributed by atoms with Gasteiger partial charge in [-0.15, -0.1) is 0 Å². The minimum absolute atomic E-state index is 0.241. The van der Waals surface area contributed by atoms with Gasteiger partial charge >= 0.3 is 5.97 Å². The van der Waals surface area contributed by atoms with Crippen LogP contribution in [0.4, 0.5) is 0 Å². The van der Waals surface area contributed by atoms with Crippen molar-refractivity contribution in [2.45, 2.75) is 45.6 Å². The molecule has 2 amide bonds.